The molecule has 1 aromatic heterocycles. The van der Waals surface area contributed by atoms with Crippen molar-refractivity contribution >= 4 is 5.91 Å². The lowest BCUT2D eigenvalue weighted by Crippen LogP contribution is -2.35. The summed E-state index contributed by atoms with van der Waals surface area (Å²) in [6.45, 7) is 1.94. The van der Waals surface area contributed by atoms with Gasteiger partial charge in [0.25, 0.3) is 0 Å². The predicted molar refractivity (Wildman–Crippen MR) is 56.0 cm³/mol. The zero-order valence-electron chi connectivity index (χ0n) is 9.03. The summed E-state index contributed by atoms with van der Waals surface area (Å²) in [6.07, 6.45) is 3.96. The number of nitrogens with zero attached hydrogens (tertiary/aromatic N) is 2. The molecule has 0 bridgehead atoms. The molecular weight excluding hydrogens is 192 g/mol. The summed E-state index contributed by atoms with van der Waals surface area (Å²) in [7, 11) is 1.86. The molecular formula is C10H16N4O. The second-order valence-electron chi connectivity index (χ2n) is 4.09. The fourth-order valence-corrected chi connectivity index (χ4v) is 1.61. The topological polar surface area (TPSA) is 72.9 Å². The molecule has 1 atom stereocenters. The van der Waals surface area contributed by atoms with Gasteiger partial charge in [0.1, 0.15) is 6.04 Å². The Balaban J connectivity index is 2.22. The first-order valence-corrected chi connectivity index (χ1v) is 5.13. The third-order valence-electron chi connectivity index (χ3n) is 2.85. The maximum Gasteiger partial charge on any atom is 0.239 e. The van der Waals surface area contributed by atoms with E-state index in [2.05, 4.69) is 10.4 Å². The van der Waals surface area contributed by atoms with E-state index in [4.69, 9.17) is 5.73 Å². The van der Waals surface area contributed by atoms with Crippen molar-refractivity contribution < 1.29 is 4.79 Å². The van der Waals surface area contributed by atoms with E-state index in [0.29, 0.717) is 6.04 Å². The summed E-state index contributed by atoms with van der Waals surface area (Å²) in [4.78, 5) is 11.3. The Bertz CT molecular complexity index is 381. The lowest BCUT2D eigenvalue weighted by atomic mass is 10.1. The van der Waals surface area contributed by atoms with Gasteiger partial charge in [-0.25, -0.2) is 0 Å². The molecule has 82 valence electrons. The number of rotatable bonds is 4. The summed E-state index contributed by atoms with van der Waals surface area (Å²) < 4.78 is 1.75. The van der Waals surface area contributed by atoms with Crippen LogP contribution in [0.2, 0.25) is 0 Å². The highest BCUT2D eigenvalue weighted by atomic mass is 16.1. The van der Waals surface area contributed by atoms with Crippen molar-refractivity contribution in [1.29, 1.82) is 0 Å². The molecule has 1 aliphatic rings. The monoisotopic (exact) mass is 208 g/mol. The highest BCUT2D eigenvalue weighted by Crippen LogP contribution is 2.25. The molecule has 0 spiro atoms. The van der Waals surface area contributed by atoms with Gasteiger partial charge in [-0.1, -0.05) is 0 Å². The highest BCUT2D eigenvalue weighted by Gasteiger charge is 2.29. The Morgan fingerprint density at radius 2 is 2.40 bits per heavy atom. The van der Waals surface area contributed by atoms with Crippen LogP contribution in [0.1, 0.15) is 30.1 Å². The minimum atomic E-state index is -0.397. The number of amides is 1. The molecule has 3 N–H and O–H groups in total. The van der Waals surface area contributed by atoms with Crippen LogP contribution in [0.5, 0.6) is 0 Å². The van der Waals surface area contributed by atoms with Crippen LogP contribution in [-0.2, 0) is 11.8 Å². The molecule has 2 rings (SSSR count). The Labute approximate surface area is 88.6 Å². The molecule has 1 aliphatic carbocycles. The number of aryl methyl sites for hydroxylation is 1. The normalized spacial score (nSPS) is 17.7. The Hall–Kier alpha value is -1.36. The fraction of sp³-hybridized carbons (Fsp3) is 0.600. The van der Waals surface area contributed by atoms with E-state index in [1.165, 1.54) is 0 Å². The summed E-state index contributed by atoms with van der Waals surface area (Å²) in [5, 5.41) is 7.35. The standard InChI is InChI=1S/C10H16N4O/c1-6-8(5-12-14(6)2)9(10(11)15)13-7-3-4-7/h5,7,9,13H,3-4H2,1-2H3,(H2,11,15). The van der Waals surface area contributed by atoms with Crippen LogP contribution in [0.4, 0.5) is 0 Å². The van der Waals surface area contributed by atoms with Crippen molar-refractivity contribution in [2.75, 3.05) is 0 Å². The second-order valence-corrected chi connectivity index (χ2v) is 4.09. The molecule has 1 aromatic rings. The third kappa shape index (κ3) is 2.02. The molecule has 1 fully saturated rings. The SMILES string of the molecule is Cc1c(C(NC2CC2)C(N)=O)cnn1C. The Morgan fingerprint density at radius 1 is 1.73 bits per heavy atom. The van der Waals surface area contributed by atoms with Crippen molar-refractivity contribution in [1.82, 2.24) is 15.1 Å². The molecule has 5 nitrogen and oxygen atoms in total. The molecule has 1 heterocycles. The zero-order chi connectivity index (χ0) is 11.0. The molecule has 0 saturated heterocycles. The number of carbonyl (C=O) groups excluding carboxylic acids is 1. The van der Waals surface area contributed by atoms with Crippen LogP contribution in [0.3, 0.4) is 0 Å². The van der Waals surface area contributed by atoms with Gasteiger partial charge in [-0.15, -0.1) is 0 Å². The maximum absolute atomic E-state index is 11.3. The van der Waals surface area contributed by atoms with E-state index < -0.39 is 6.04 Å². The van der Waals surface area contributed by atoms with E-state index in [1.807, 2.05) is 14.0 Å². The number of hydrogen-bond donors (Lipinski definition) is 2. The lowest BCUT2D eigenvalue weighted by Gasteiger charge is -2.14. The van der Waals surface area contributed by atoms with Crippen LogP contribution >= 0.6 is 0 Å². The van der Waals surface area contributed by atoms with E-state index >= 15 is 0 Å². The van der Waals surface area contributed by atoms with Crippen LogP contribution in [0.15, 0.2) is 6.20 Å². The molecule has 0 aliphatic heterocycles. The lowest BCUT2D eigenvalue weighted by molar-refractivity contribution is -0.120. The molecule has 15 heavy (non-hydrogen) atoms. The van der Waals surface area contributed by atoms with Gasteiger partial charge < -0.3 is 5.73 Å². The van der Waals surface area contributed by atoms with Gasteiger partial charge >= 0.3 is 0 Å². The molecule has 0 aromatic carbocycles. The Morgan fingerprint density at radius 3 is 2.80 bits per heavy atom. The van der Waals surface area contributed by atoms with Gasteiger partial charge in [-0.05, 0) is 19.8 Å². The molecule has 1 unspecified atom stereocenters. The number of primary amides is 1. The number of nitrogens with one attached hydrogen (secondary N) is 1. The first-order chi connectivity index (χ1) is 7.09. The van der Waals surface area contributed by atoms with Gasteiger partial charge in [-0.2, -0.15) is 5.10 Å². The fourth-order valence-electron chi connectivity index (χ4n) is 1.61. The molecule has 1 amide bonds. The quantitative estimate of drug-likeness (QED) is 0.732. The number of nitrogens with two attached hydrogens (primary N) is 1. The number of aromatic nitrogens is 2. The average molecular weight is 208 g/mol. The summed E-state index contributed by atoms with van der Waals surface area (Å²) >= 11 is 0. The van der Waals surface area contributed by atoms with Gasteiger partial charge in [-0.3, -0.25) is 14.8 Å². The van der Waals surface area contributed by atoms with Crippen molar-refractivity contribution in [3.05, 3.63) is 17.5 Å². The van der Waals surface area contributed by atoms with Crippen LogP contribution in [0, 0.1) is 6.92 Å². The largest absolute Gasteiger partial charge is 0.368 e. The van der Waals surface area contributed by atoms with Gasteiger partial charge in [0.15, 0.2) is 0 Å². The second kappa shape index (κ2) is 3.66. The first-order valence-electron chi connectivity index (χ1n) is 5.13. The Kier molecular flexibility index (Phi) is 2.48. The predicted octanol–water partition coefficient (Wildman–Crippen LogP) is 0.00692. The van der Waals surface area contributed by atoms with Crippen molar-refractivity contribution in [3.8, 4) is 0 Å². The molecule has 0 radical (unpaired) electrons. The van der Waals surface area contributed by atoms with E-state index in [0.717, 1.165) is 24.1 Å². The van der Waals surface area contributed by atoms with Crippen LogP contribution in [0.25, 0.3) is 0 Å². The molecule has 5 heteroatoms. The summed E-state index contributed by atoms with van der Waals surface area (Å²) in [5.74, 6) is -0.335. The maximum atomic E-state index is 11.3. The summed E-state index contributed by atoms with van der Waals surface area (Å²) in [5.41, 5.74) is 7.25. The van der Waals surface area contributed by atoms with Crippen molar-refractivity contribution in [2.24, 2.45) is 12.8 Å². The smallest absolute Gasteiger partial charge is 0.239 e. The van der Waals surface area contributed by atoms with E-state index in [9.17, 15) is 4.79 Å². The van der Waals surface area contributed by atoms with E-state index in [-0.39, 0.29) is 5.91 Å². The zero-order valence-corrected chi connectivity index (χ0v) is 9.03. The van der Waals surface area contributed by atoms with Gasteiger partial charge in [0, 0.05) is 24.3 Å². The number of hydrogen-bond acceptors (Lipinski definition) is 3. The highest BCUT2D eigenvalue weighted by molar-refractivity contribution is 5.81. The molecule has 1 saturated carbocycles. The van der Waals surface area contributed by atoms with Crippen LogP contribution in [-0.4, -0.2) is 21.7 Å². The third-order valence-corrected chi connectivity index (χ3v) is 2.85. The average Bonchev–Trinajstić information content (AvgIpc) is 2.94. The van der Waals surface area contributed by atoms with Crippen molar-refractivity contribution in [3.63, 3.8) is 0 Å². The van der Waals surface area contributed by atoms with Crippen molar-refractivity contribution in [2.45, 2.75) is 31.8 Å². The van der Waals surface area contributed by atoms with Gasteiger partial charge in [0.2, 0.25) is 5.91 Å². The first kappa shape index (κ1) is 10.2. The summed E-state index contributed by atoms with van der Waals surface area (Å²) in [6, 6.07) is 0.0494. The number of carbonyl (C=O) groups is 1. The van der Waals surface area contributed by atoms with E-state index in [1.54, 1.807) is 10.9 Å². The minimum Gasteiger partial charge on any atom is -0.368 e. The van der Waals surface area contributed by atoms with Gasteiger partial charge in [0.05, 0.1) is 6.20 Å². The van der Waals surface area contributed by atoms with Crippen LogP contribution < -0.4 is 11.1 Å². The minimum absolute atomic E-state index is 0.335.